The highest BCUT2D eigenvalue weighted by Gasteiger charge is 2.19. The number of anilines is 3. The summed E-state index contributed by atoms with van der Waals surface area (Å²) in [7, 11) is 1.94. The lowest BCUT2D eigenvalue weighted by Gasteiger charge is -2.25. The standard InChI is InChI=1S/C21H30N6O2/c1-14(2)27(4)21-15(3)24-18(19(22)29)20(26-21)25-17-8-5-7-16(13-17)9-11-23-10-6-12-28/h5,7-8,12-14,23H,6,9-11H2,1-4H3,(H2,22,29)(H,25,26). The number of hydrogen-bond acceptors (Lipinski definition) is 7. The maximum Gasteiger partial charge on any atom is 0.271 e. The Hall–Kier alpha value is -3.00. The van der Waals surface area contributed by atoms with Gasteiger partial charge in [-0.05, 0) is 51.4 Å². The molecule has 0 spiro atoms. The molecule has 1 aromatic heterocycles. The lowest BCUT2D eigenvalue weighted by molar-refractivity contribution is -0.107. The average molecular weight is 399 g/mol. The molecule has 2 aromatic rings. The first-order chi connectivity index (χ1) is 13.8. The van der Waals surface area contributed by atoms with Crippen molar-refractivity contribution in [3.63, 3.8) is 0 Å². The summed E-state index contributed by atoms with van der Waals surface area (Å²) in [6.07, 6.45) is 2.23. The number of rotatable bonds is 11. The summed E-state index contributed by atoms with van der Waals surface area (Å²) in [6.45, 7) is 7.38. The van der Waals surface area contributed by atoms with Crippen molar-refractivity contribution in [1.82, 2.24) is 15.3 Å². The van der Waals surface area contributed by atoms with E-state index in [2.05, 4.69) is 34.4 Å². The van der Waals surface area contributed by atoms with E-state index in [-0.39, 0.29) is 11.7 Å². The number of benzene rings is 1. The van der Waals surface area contributed by atoms with Crippen LogP contribution >= 0.6 is 0 Å². The van der Waals surface area contributed by atoms with Crippen LogP contribution in [-0.2, 0) is 11.2 Å². The third-order valence-corrected chi connectivity index (χ3v) is 4.61. The molecule has 0 aliphatic carbocycles. The van der Waals surface area contributed by atoms with Crippen molar-refractivity contribution in [2.45, 2.75) is 39.7 Å². The Morgan fingerprint density at radius 3 is 2.69 bits per heavy atom. The number of hydrogen-bond donors (Lipinski definition) is 3. The van der Waals surface area contributed by atoms with Crippen molar-refractivity contribution in [1.29, 1.82) is 0 Å². The van der Waals surface area contributed by atoms with Gasteiger partial charge < -0.3 is 26.1 Å². The minimum Gasteiger partial charge on any atom is -0.364 e. The Labute approximate surface area is 171 Å². The van der Waals surface area contributed by atoms with Gasteiger partial charge in [0.05, 0.1) is 5.69 Å². The van der Waals surface area contributed by atoms with Gasteiger partial charge in [-0.15, -0.1) is 0 Å². The van der Waals surface area contributed by atoms with Gasteiger partial charge >= 0.3 is 0 Å². The summed E-state index contributed by atoms with van der Waals surface area (Å²) < 4.78 is 0. The number of nitrogens with zero attached hydrogens (tertiary/aromatic N) is 3. The Morgan fingerprint density at radius 2 is 2.03 bits per heavy atom. The molecule has 0 aliphatic rings. The van der Waals surface area contributed by atoms with Crippen molar-refractivity contribution < 1.29 is 9.59 Å². The molecule has 156 valence electrons. The van der Waals surface area contributed by atoms with Gasteiger partial charge in [-0.25, -0.2) is 9.97 Å². The van der Waals surface area contributed by atoms with Gasteiger partial charge in [-0.1, -0.05) is 12.1 Å². The van der Waals surface area contributed by atoms with E-state index >= 15 is 0 Å². The van der Waals surface area contributed by atoms with Crippen LogP contribution in [0.25, 0.3) is 0 Å². The van der Waals surface area contributed by atoms with Crippen LogP contribution in [0.15, 0.2) is 24.3 Å². The summed E-state index contributed by atoms with van der Waals surface area (Å²) in [5.74, 6) is 0.410. The Morgan fingerprint density at radius 1 is 1.28 bits per heavy atom. The molecule has 1 aromatic carbocycles. The average Bonchev–Trinajstić information content (AvgIpc) is 2.68. The smallest absolute Gasteiger partial charge is 0.271 e. The molecular weight excluding hydrogens is 368 g/mol. The molecule has 0 bridgehead atoms. The fourth-order valence-corrected chi connectivity index (χ4v) is 2.81. The lowest BCUT2D eigenvalue weighted by Crippen LogP contribution is -2.29. The van der Waals surface area contributed by atoms with Gasteiger partial charge in [-0.3, -0.25) is 4.79 Å². The van der Waals surface area contributed by atoms with Crippen LogP contribution in [0.3, 0.4) is 0 Å². The van der Waals surface area contributed by atoms with Crippen LogP contribution in [-0.4, -0.2) is 48.3 Å². The van der Waals surface area contributed by atoms with Gasteiger partial charge in [0, 0.05) is 31.7 Å². The first-order valence-electron chi connectivity index (χ1n) is 9.75. The molecular formula is C21H30N6O2. The van der Waals surface area contributed by atoms with E-state index in [0.29, 0.717) is 30.3 Å². The zero-order valence-electron chi connectivity index (χ0n) is 17.5. The Bertz CT molecular complexity index is 853. The monoisotopic (exact) mass is 398 g/mol. The summed E-state index contributed by atoms with van der Waals surface area (Å²) in [6, 6.07) is 8.10. The zero-order chi connectivity index (χ0) is 21.4. The molecule has 0 atom stereocenters. The van der Waals surface area contributed by atoms with Crippen LogP contribution in [0.2, 0.25) is 0 Å². The third kappa shape index (κ3) is 6.25. The number of amides is 1. The highest BCUT2D eigenvalue weighted by atomic mass is 16.1. The van der Waals surface area contributed by atoms with Crippen molar-refractivity contribution in [2.75, 3.05) is 30.4 Å². The maximum absolute atomic E-state index is 11.9. The molecule has 0 saturated carbocycles. The van der Waals surface area contributed by atoms with E-state index in [1.54, 1.807) is 0 Å². The summed E-state index contributed by atoms with van der Waals surface area (Å²) in [5, 5.41) is 6.42. The fraction of sp³-hybridized carbons (Fsp3) is 0.429. The molecule has 0 saturated heterocycles. The van der Waals surface area contributed by atoms with Crippen molar-refractivity contribution in [3.05, 3.63) is 41.2 Å². The molecule has 4 N–H and O–H groups in total. The van der Waals surface area contributed by atoms with Crippen LogP contribution in [0, 0.1) is 6.92 Å². The number of nitrogens with one attached hydrogen (secondary N) is 2. The van der Waals surface area contributed by atoms with Gasteiger partial charge in [-0.2, -0.15) is 0 Å². The first-order valence-corrected chi connectivity index (χ1v) is 9.75. The molecule has 8 heteroatoms. The minimum absolute atomic E-state index is 0.115. The highest BCUT2D eigenvalue weighted by Crippen LogP contribution is 2.24. The number of primary amides is 1. The van der Waals surface area contributed by atoms with E-state index < -0.39 is 5.91 Å². The highest BCUT2D eigenvalue weighted by molar-refractivity contribution is 5.96. The van der Waals surface area contributed by atoms with E-state index in [1.807, 2.05) is 43.1 Å². The van der Waals surface area contributed by atoms with Crippen LogP contribution < -0.4 is 21.3 Å². The molecule has 0 fully saturated rings. The predicted molar refractivity (Wildman–Crippen MR) is 116 cm³/mol. The van der Waals surface area contributed by atoms with E-state index in [1.165, 1.54) is 0 Å². The van der Waals surface area contributed by atoms with Crippen molar-refractivity contribution >= 4 is 29.5 Å². The third-order valence-electron chi connectivity index (χ3n) is 4.61. The van der Waals surface area contributed by atoms with Crippen molar-refractivity contribution in [3.8, 4) is 0 Å². The molecule has 2 rings (SSSR count). The number of aromatic nitrogens is 2. The second kappa shape index (κ2) is 10.5. The van der Waals surface area contributed by atoms with E-state index in [4.69, 9.17) is 5.73 Å². The number of carbonyl (C=O) groups excluding carboxylic acids is 2. The first kappa shape index (κ1) is 22.3. The quantitative estimate of drug-likeness (QED) is 0.393. The molecule has 29 heavy (non-hydrogen) atoms. The number of carbonyl (C=O) groups is 2. The SMILES string of the molecule is Cc1nc(C(N)=O)c(Nc2cccc(CCNCCC=O)c2)nc1N(C)C(C)C. The second-order valence-corrected chi connectivity index (χ2v) is 7.18. The van der Waals surface area contributed by atoms with Crippen LogP contribution in [0.1, 0.15) is 42.0 Å². The lowest BCUT2D eigenvalue weighted by atomic mass is 10.1. The number of nitrogens with two attached hydrogens (primary N) is 1. The van der Waals surface area contributed by atoms with E-state index in [0.717, 1.165) is 30.5 Å². The van der Waals surface area contributed by atoms with Gasteiger partial charge in [0.25, 0.3) is 5.91 Å². The van der Waals surface area contributed by atoms with Gasteiger partial charge in [0.2, 0.25) is 0 Å². The second-order valence-electron chi connectivity index (χ2n) is 7.18. The molecule has 0 radical (unpaired) electrons. The summed E-state index contributed by atoms with van der Waals surface area (Å²) >= 11 is 0. The molecule has 1 heterocycles. The Kier molecular flexibility index (Phi) is 8.09. The van der Waals surface area contributed by atoms with Gasteiger partial charge in [0.15, 0.2) is 17.3 Å². The molecule has 0 unspecified atom stereocenters. The fourth-order valence-electron chi connectivity index (χ4n) is 2.81. The molecule has 1 amide bonds. The molecule has 8 nitrogen and oxygen atoms in total. The van der Waals surface area contributed by atoms with Crippen LogP contribution in [0.4, 0.5) is 17.3 Å². The molecule has 0 aliphatic heterocycles. The van der Waals surface area contributed by atoms with E-state index in [9.17, 15) is 9.59 Å². The number of aldehydes is 1. The normalized spacial score (nSPS) is 10.8. The predicted octanol–water partition coefficient (Wildman–Crippen LogP) is 2.19. The summed E-state index contributed by atoms with van der Waals surface area (Å²) in [5.41, 5.74) is 8.21. The largest absolute Gasteiger partial charge is 0.364 e. The maximum atomic E-state index is 11.9. The minimum atomic E-state index is -0.627. The summed E-state index contributed by atoms with van der Waals surface area (Å²) in [4.78, 5) is 33.3. The topological polar surface area (TPSA) is 113 Å². The zero-order valence-corrected chi connectivity index (χ0v) is 17.5. The van der Waals surface area contributed by atoms with Gasteiger partial charge in [0.1, 0.15) is 6.29 Å². The van der Waals surface area contributed by atoms with Crippen molar-refractivity contribution in [2.24, 2.45) is 5.73 Å². The number of aryl methyl sites for hydroxylation is 1. The Balaban J connectivity index is 2.23. The van der Waals surface area contributed by atoms with Crippen LogP contribution in [0.5, 0.6) is 0 Å².